The number of carbonyl (C=O) groups excluding carboxylic acids is 1. The Balaban J connectivity index is 1.94. The molecule has 0 atom stereocenters. The number of aromatic nitrogens is 1. The van der Waals surface area contributed by atoms with E-state index in [-0.39, 0.29) is 0 Å². The van der Waals surface area contributed by atoms with Gasteiger partial charge in [0.25, 0.3) is 0 Å². The van der Waals surface area contributed by atoms with Crippen molar-refractivity contribution in [3.8, 4) is 11.5 Å². The van der Waals surface area contributed by atoms with Gasteiger partial charge in [0.05, 0.1) is 26.4 Å². The van der Waals surface area contributed by atoms with Gasteiger partial charge in [0.2, 0.25) is 0 Å². The lowest BCUT2D eigenvalue weighted by Crippen LogP contribution is -2.05. The summed E-state index contributed by atoms with van der Waals surface area (Å²) in [6.07, 6.45) is 5.33. The summed E-state index contributed by atoms with van der Waals surface area (Å²) in [6.45, 7) is 0.524. The summed E-state index contributed by atoms with van der Waals surface area (Å²) in [6, 6.07) is 8.93. The SMILES string of the molecule is COC(=O)c1ccc(OC)c(OCCCc2cccnc2)c1. The normalized spacial score (nSPS) is 10.1. The molecule has 0 aliphatic rings. The van der Waals surface area contributed by atoms with E-state index in [4.69, 9.17) is 14.2 Å². The van der Waals surface area contributed by atoms with Crippen molar-refractivity contribution in [2.45, 2.75) is 12.8 Å². The highest BCUT2D eigenvalue weighted by molar-refractivity contribution is 5.90. The van der Waals surface area contributed by atoms with Crippen molar-refractivity contribution in [3.05, 3.63) is 53.9 Å². The van der Waals surface area contributed by atoms with Gasteiger partial charge in [0, 0.05) is 12.4 Å². The van der Waals surface area contributed by atoms with Crippen LogP contribution in [0.25, 0.3) is 0 Å². The van der Waals surface area contributed by atoms with E-state index in [0.29, 0.717) is 23.7 Å². The van der Waals surface area contributed by atoms with Crippen molar-refractivity contribution < 1.29 is 19.0 Å². The minimum absolute atomic E-state index is 0.400. The number of nitrogens with zero attached hydrogens (tertiary/aromatic N) is 1. The van der Waals surface area contributed by atoms with Gasteiger partial charge in [-0.25, -0.2) is 4.79 Å². The van der Waals surface area contributed by atoms with Crippen molar-refractivity contribution in [1.29, 1.82) is 0 Å². The predicted molar refractivity (Wildman–Crippen MR) is 82.4 cm³/mol. The average Bonchev–Trinajstić information content (AvgIpc) is 2.58. The van der Waals surface area contributed by atoms with Gasteiger partial charge in [-0.05, 0) is 42.7 Å². The Kier molecular flexibility index (Phi) is 5.77. The molecule has 1 heterocycles. The Morgan fingerprint density at radius 3 is 2.73 bits per heavy atom. The maximum absolute atomic E-state index is 11.6. The molecular formula is C17H19NO4. The number of carbonyl (C=O) groups is 1. The summed E-state index contributed by atoms with van der Waals surface area (Å²) in [7, 11) is 2.91. The molecule has 0 spiro atoms. The van der Waals surface area contributed by atoms with E-state index in [1.54, 1.807) is 31.5 Å². The van der Waals surface area contributed by atoms with E-state index >= 15 is 0 Å². The number of pyridine rings is 1. The Morgan fingerprint density at radius 2 is 2.05 bits per heavy atom. The summed E-state index contributed by atoms with van der Waals surface area (Å²) in [5, 5.41) is 0. The summed E-state index contributed by atoms with van der Waals surface area (Å²) in [5.41, 5.74) is 1.60. The third-order valence-corrected chi connectivity index (χ3v) is 3.17. The molecule has 1 aromatic heterocycles. The summed E-state index contributed by atoms with van der Waals surface area (Å²) >= 11 is 0. The molecule has 0 aliphatic carbocycles. The number of ether oxygens (including phenoxy) is 3. The Labute approximate surface area is 129 Å². The quantitative estimate of drug-likeness (QED) is 0.581. The fraction of sp³-hybridized carbons (Fsp3) is 0.294. The number of benzene rings is 1. The molecule has 2 aromatic rings. The molecule has 0 saturated carbocycles. The van der Waals surface area contributed by atoms with Crippen LogP contribution in [0.15, 0.2) is 42.7 Å². The zero-order valence-electron chi connectivity index (χ0n) is 12.7. The van der Waals surface area contributed by atoms with Gasteiger partial charge in [0.1, 0.15) is 0 Å². The van der Waals surface area contributed by atoms with E-state index in [2.05, 4.69) is 4.98 Å². The van der Waals surface area contributed by atoms with E-state index in [9.17, 15) is 4.79 Å². The van der Waals surface area contributed by atoms with Crippen molar-refractivity contribution in [1.82, 2.24) is 4.98 Å². The molecule has 0 amide bonds. The Bertz CT molecular complexity index is 613. The Hall–Kier alpha value is -2.56. The van der Waals surface area contributed by atoms with Crippen LogP contribution in [-0.4, -0.2) is 31.8 Å². The van der Waals surface area contributed by atoms with Gasteiger partial charge in [-0.15, -0.1) is 0 Å². The first-order valence-electron chi connectivity index (χ1n) is 7.02. The predicted octanol–water partition coefficient (Wildman–Crippen LogP) is 2.89. The highest BCUT2D eigenvalue weighted by Crippen LogP contribution is 2.28. The molecule has 22 heavy (non-hydrogen) atoms. The molecule has 0 N–H and O–H groups in total. The average molecular weight is 301 g/mol. The van der Waals surface area contributed by atoms with E-state index < -0.39 is 5.97 Å². The second kappa shape index (κ2) is 8.02. The minimum atomic E-state index is -0.400. The number of esters is 1. The molecule has 0 saturated heterocycles. The smallest absolute Gasteiger partial charge is 0.337 e. The molecule has 116 valence electrons. The van der Waals surface area contributed by atoms with Crippen molar-refractivity contribution in [2.75, 3.05) is 20.8 Å². The third-order valence-electron chi connectivity index (χ3n) is 3.17. The lowest BCUT2D eigenvalue weighted by atomic mass is 10.1. The number of hydrogen-bond donors (Lipinski definition) is 0. The molecule has 1 aromatic carbocycles. The van der Waals surface area contributed by atoms with Crippen molar-refractivity contribution in [3.63, 3.8) is 0 Å². The highest BCUT2D eigenvalue weighted by Gasteiger charge is 2.11. The number of methoxy groups -OCH3 is 2. The van der Waals surface area contributed by atoms with E-state index in [1.165, 1.54) is 12.7 Å². The number of rotatable bonds is 7. The molecule has 0 radical (unpaired) electrons. The summed E-state index contributed by atoms with van der Waals surface area (Å²) in [4.78, 5) is 15.6. The lowest BCUT2D eigenvalue weighted by Gasteiger charge is -2.11. The topological polar surface area (TPSA) is 57.7 Å². The van der Waals surface area contributed by atoms with Gasteiger partial charge in [-0.2, -0.15) is 0 Å². The number of aryl methyl sites for hydroxylation is 1. The second-order valence-electron chi connectivity index (χ2n) is 4.67. The first kappa shape index (κ1) is 15.8. The largest absolute Gasteiger partial charge is 0.493 e. The van der Waals surface area contributed by atoms with Crippen molar-refractivity contribution in [2.24, 2.45) is 0 Å². The summed E-state index contributed by atoms with van der Waals surface area (Å²) in [5.74, 6) is 0.730. The fourth-order valence-electron chi connectivity index (χ4n) is 2.04. The van der Waals surface area contributed by atoms with Crippen LogP contribution in [0.5, 0.6) is 11.5 Å². The van der Waals surface area contributed by atoms with Gasteiger partial charge in [-0.1, -0.05) is 6.07 Å². The molecule has 0 aliphatic heterocycles. The molecule has 2 rings (SSSR count). The standard InChI is InChI=1S/C17H19NO4/c1-20-15-8-7-14(17(19)21-2)11-16(15)22-10-4-6-13-5-3-9-18-12-13/h3,5,7-9,11-12H,4,6,10H2,1-2H3. The van der Waals surface area contributed by atoms with Gasteiger partial charge >= 0.3 is 5.97 Å². The van der Waals surface area contributed by atoms with Crippen LogP contribution in [0.2, 0.25) is 0 Å². The lowest BCUT2D eigenvalue weighted by molar-refractivity contribution is 0.0600. The molecule has 5 nitrogen and oxygen atoms in total. The van der Waals surface area contributed by atoms with Gasteiger partial charge in [0.15, 0.2) is 11.5 Å². The van der Waals surface area contributed by atoms with E-state index in [0.717, 1.165) is 12.8 Å². The maximum Gasteiger partial charge on any atom is 0.337 e. The molecular weight excluding hydrogens is 282 g/mol. The Morgan fingerprint density at radius 1 is 1.18 bits per heavy atom. The van der Waals surface area contributed by atoms with Crippen LogP contribution in [-0.2, 0) is 11.2 Å². The van der Waals surface area contributed by atoms with Crippen LogP contribution in [0.1, 0.15) is 22.3 Å². The second-order valence-corrected chi connectivity index (χ2v) is 4.67. The highest BCUT2D eigenvalue weighted by atomic mass is 16.5. The molecule has 0 fully saturated rings. The van der Waals surface area contributed by atoms with Gasteiger partial charge < -0.3 is 14.2 Å². The van der Waals surface area contributed by atoms with Crippen molar-refractivity contribution >= 4 is 5.97 Å². The molecule has 0 bridgehead atoms. The van der Waals surface area contributed by atoms with Crippen LogP contribution in [0, 0.1) is 0 Å². The molecule has 0 unspecified atom stereocenters. The maximum atomic E-state index is 11.6. The van der Waals surface area contributed by atoms with E-state index in [1.807, 2.05) is 18.3 Å². The monoisotopic (exact) mass is 301 g/mol. The zero-order valence-corrected chi connectivity index (χ0v) is 12.7. The molecule has 5 heteroatoms. The first-order chi connectivity index (χ1) is 10.7. The number of hydrogen-bond acceptors (Lipinski definition) is 5. The first-order valence-corrected chi connectivity index (χ1v) is 7.02. The minimum Gasteiger partial charge on any atom is -0.493 e. The van der Waals surface area contributed by atoms with Crippen LogP contribution >= 0.6 is 0 Å². The van der Waals surface area contributed by atoms with Crippen LogP contribution in [0.4, 0.5) is 0 Å². The third kappa shape index (κ3) is 4.22. The van der Waals surface area contributed by atoms with Crippen LogP contribution < -0.4 is 9.47 Å². The zero-order chi connectivity index (χ0) is 15.8. The fourth-order valence-corrected chi connectivity index (χ4v) is 2.04. The van der Waals surface area contributed by atoms with Crippen LogP contribution in [0.3, 0.4) is 0 Å². The summed E-state index contributed by atoms with van der Waals surface area (Å²) < 4.78 is 15.7. The van der Waals surface area contributed by atoms with Gasteiger partial charge in [-0.3, -0.25) is 4.98 Å².